The number of hydrogen-bond donors (Lipinski definition) is 7. The molecule has 2 aromatic carbocycles. The van der Waals surface area contributed by atoms with Gasteiger partial charge in [-0.05, 0) is 60.8 Å². The van der Waals surface area contributed by atoms with Crippen LogP contribution < -0.4 is 36.6 Å². The minimum absolute atomic E-state index is 0.0103. The molecule has 1 aromatic heterocycles. The third-order valence-electron chi connectivity index (χ3n) is 11.5. The van der Waals surface area contributed by atoms with Crippen molar-refractivity contribution in [2.24, 2.45) is 17.8 Å². The molecule has 20 heteroatoms. The predicted molar refractivity (Wildman–Crippen MR) is 247 cm³/mol. The van der Waals surface area contributed by atoms with Crippen LogP contribution in [-0.2, 0) is 45.3 Å². The maximum atomic E-state index is 14.1. The van der Waals surface area contributed by atoms with Gasteiger partial charge in [-0.3, -0.25) is 43.3 Å². The van der Waals surface area contributed by atoms with Crippen LogP contribution in [-0.4, -0.2) is 96.2 Å². The number of ketones is 1. The molecule has 7 amide bonds. The summed E-state index contributed by atoms with van der Waals surface area (Å²) >= 11 is 0. The lowest BCUT2D eigenvalue weighted by Crippen LogP contribution is -2.60. The van der Waals surface area contributed by atoms with Crippen molar-refractivity contribution in [2.75, 3.05) is 6.54 Å². The second-order valence-corrected chi connectivity index (χ2v) is 18.8. The number of nitrogens with one attached hydrogen (secondary N) is 7. The number of nitrogens with zero attached hydrogens (tertiary/aromatic N) is 2. The summed E-state index contributed by atoms with van der Waals surface area (Å²) < 4.78 is 28.0. The van der Waals surface area contributed by atoms with Crippen molar-refractivity contribution in [3.05, 3.63) is 90.0 Å². The molecule has 0 saturated heterocycles. The predicted octanol–water partition coefficient (Wildman–Crippen LogP) is 2.62. The Bertz CT molecular complexity index is 2310. The van der Waals surface area contributed by atoms with Crippen LogP contribution in [0.1, 0.15) is 119 Å². The third kappa shape index (κ3) is 16.7. The van der Waals surface area contributed by atoms with E-state index in [4.69, 9.17) is 0 Å². The van der Waals surface area contributed by atoms with Crippen LogP contribution in [0.3, 0.4) is 0 Å². The van der Waals surface area contributed by atoms with Crippen molar-refractivity contribution >= 4 is 57.2 Å². The van der Waals surface area contributed by atoms with Crippen molar-refractivity contribution in [1.82, 2.24) is 46.6 Å². The Hall–Kier alpha value is -6.57. The van der Waals surface area contributed by atoms with Crippen molar-refractivity contribution in [1.29, 1.82) is 0 Å². The SMILES string of the molecule is CC[C@H](NC(=O)[C@H](CC1CCCCC1)NC(=O)[C@@H](NC(=O)[C@H](CC(C)C)NC(=O)c1cnccn1)[C@@H](C)CC)C(=O)C(=O)NCC(=O)NS(=O)(=O)c1cccc(C(=O)NCc2ccccc2)c1. The largest absolute Gasteiger partial charge is 0.348 e. The number of amides is 7. The topological polar surface area (TPSA) is 281 Å². The van der Waals surface area contributed by atoms with E-state index >= 15 is 0 Å². The minimum atomic E-state index is -4.52. The number of sulfonamides is 1. The van der Waals surface area contributed by atoms with E-state index in [0.29, 0.717) is 6.42 Å². The first kappa shape index (κ1) is 53.0. The number of aromatic nitrogens is 2. The lowest BCUT2D eigenvalue weighted by molar-refractivity contribution is -0.141. The average Bonchev–Trinajstić information content (AvgIpc) is 3.32. The molecule has 1 aliphatic carbocycles. The fraction of sp³-hybridized carbons (Fsp3) is 0.489. The number of benzene rings is 2. The summed E-state index contributed by atoms with van der Waals surface area (Å²) in [6.07, 6.45) is 9.40. The molecule has 5 atom stereocenters. The van der Waals surface area contributed by atoms with Gasteiger partial charge >= 0.3 is 0 Å². The molecule has 3 aromatic rings. The van der Waals surface area contributed by atoms with Crippen molar-refractivity contribution in [2.45, 2.75) is 128 Å². The molecule has 7 N–H and O–H groups in total. The maximum absolute atomic E-state index is 14.1. The van der Waals surface area contributed by atoms with E-state index in [0.717, 1.165) is 43.7 Å². The summed E-state index contributed by atoms with van der Waals surface area (Å²) in [6, 6.07) is 9.36. The average molecular weight is 946 g/mol. The summed E-state index contributed by atoms with van der Waals surface area (Å²) in [6.45, 7) is 8.19. The number of carbonyl (C=O) groups is 8. The smallest absolute Gasteiger partial charge is 0.290 e. The van der Waals surface area contributed by atoms with Gasteiger partial charge in [0.25, 0.3) is 33.7 Å². The molecule has 0 unspecified atom stereocenters. The molecule has 19 nitrogen and oxygen atoms in total. The van der Waals surface area contributed by atoms with E-state index in [1.54, 1.807) is 13.8 Å². The lowest BCUT2D eigenvalue weighted by atomic mass is 9.84. The van der Waals surface area contributed by atoms with E-state index in [9.17, 15) is 46.8 Å². The van der Waals surface area contributed by atoms with Crippen LogP contribution in [0.4, 0.5) is 0 Å². The highest BCUT2D eigenvalue weighted by atomic mass is 32.2. The monoisotopic (exact) mass is 945 g/mol. The van der Waals surface area contributed by atoms with Gasteiger partial charge in [0.1, 0.15) is 23.8 Å². The molecule has 0 aliphatic heterocycles. The number of hydrogen-bond acceptors (Lipinski definition) is 12. The molecule has 0 spiro atoms. The Balaban J connectivity index is 1.40. The quantitative estimate of drug-likeness (QED) is 0.0639. The zero-order valence-corrected chi connectivity index (χ0v) is 39.4. The second kappa shape index (κ2) is 25.9. The first-order valence-electron chi connectivity index (χ1n) is 22.7. The van der Waals surface area contributed by atoms with Gasteiger partial charge in [0.05, 0.1) is 23.7 Å². The molecule has 1 fully saturated rings. The third-order valence-corrected chi connectivity index (χ3v) is 12.8. The van der Waals surface area contributed by atoms with Gasteiger partial charge in [0.2, 0.25) is 23.5 Å². The molecule has 1 saturated carbocycles. The molecular weight excluding hydrogens is 883 g/mol. The van der Waals surface area contributed by atoms with Gasteiger partial charge in [-0.25, -0.2) is 18.1 Å². The zero-order chi connectivity index (χ0) is 49.1. The van der Waals surface area contributed by atoms with E-state index in [1.807, 2.05) is 55.8 Å². The molecule has 1 heterocycles. The molecule has 4 rings (SSSR count). The molecular formula is C47H63N9O10S. The van der Waals surface area contributed by atoms with E-state index in [1.165, 1.54) is 36.8 Å². The van der Waals surface area contributed by atoms with Crippen LogP contribution in [0.5, 0.6) is 0 Å². The van der Waals surface area contributed by atoms with Crippen LogP contribution in [0.25, 0.3) is 0 Å². The lowest BCUT2D eigenvalue weighted by Gasteiger charge is -2.31. The fourth-order valence-corrected chi connectivity index (χ4v) is 8.55. The first-order chi connectivity index (χ1) is 31.9. The highest BCUT2D eigenvalue weighted by Crippen LogP contribution is 2.28. The number of rotatable bonds is 24. The van der Waals surface area contributed by atoms with E-state index in [2.05, 4.69) is 41.9 Å². The second-order valence-electron chi connectivity index (χ2n) is 17.2. The van der Waals surface area contributed by atoms with Crippen molar-refractivity contribution in [3.8, 4) is 0 Å². The van der Waals surface area contributed by atoms with Gasteiger partial charge in [-0.15, -0.1) is 0 Å². The Morgan fingerprint density at radius 3 is 2.04 bits per heavy atom. The van der Waals surface area contributed by atoms with Crippen LogP contribution in [0.15, 0.2) is 78.1 Å². The zero-order valence-electron chi connectivity index (χ0n) is 38.6. The van der Waals surface area contributed by atoms with Crippen LogP contribution in [0, 0.1) is 17.8 Å². The van der Waals surface area contributed by atoms with Crippen LogP contribution >= 0.6 is 0 Å². The van der Waals surface area contributed by atoms with Gasteiger partial charge in [0, 0.05) is 24.5 Å². The Labute approximate surface area is 391 Å². The Kier molecular flexibility index (Phi) is 20.5. The summed E-state index contributed by atoms with van der Waals surface area (Å²) in [5.74, 6) is -7.13. The highest BCUT2D eigenvalue weighted by molar-refractivity contribution is 7.90. The van der Waals surface area contributed by atoms with Gasteiger partial charge in [-0.2, -0.15) is 0 Å². The molecule has 362 valence electrons. The maximum Gasteiger partial charge on any atom is 0.290 e. The number of Topliss-reactive ketones (excluding diaryl/α,β-unsaturated/α-hetero) is 1. The van der Waals surface area contributed by atoms with Crippen molar-refractivity contribution < 1.29 is 46.8 Å². The van der Waals surface area contributed by atoms with Crippen LogP contribution in [0.2, 0.25) is 0 Å². The first-order valence-corrected chi connectivity index (χ1v) is 24.2. The summed E-state index contributed by atoms with van der Waals surface area (Å²) in [5.41, 5.74) is 0.861. The molecule has 0 bridgehead atoms. The minimum Gasteiger partial charge on any atom is -0.348 e. The molecule has 1 aliphatic rings. The normalized spacial score (nSPS) is 15.1. The summed E-state index contributed by atoms with van der Waals surface area (Å²) in [5, 5.41) is 15.7. The molecule has 0 radical (unpaired) electrons. The Morgan fingerprint density at radius 2 is 1.40 bits per heavy atom. The standard InChI is InChI=1S/C47H63N9O10S/c1-6-30(5)40(55-44(61)36(23-29(3)4)53-45(62)38-27-48-21-22-49-38)46(63)54-37(24-31-15-10-8-11-16-31)43(60)52-35(7-2)41(58)47(64)51-28-39(57)56-67(65,66)34-20-14-19-33(25-34)42(59)50-26-32-17-12-9-13-18-32/h9,12-14,17-22,25,27,29-31,35-37,40H,6-8,10-11,15-16,23-24,26,28H2,1-5H3,(H,50,59)(H,51,64)(H,52,60)(H,53,62)(H,54,63)(H,55,61)(H,56,57)/t30-,35-,36-,37-,40-/m0/s1. The number of carbonyl (C=O) groups excluding carboxylic acids is 8. The van der Waals surface area contributed by atoms with Crippen molar-refractivity contribution in [3.63, 3.8) is 0 Å². The summed E-state index contributed by atoms with van der Waals surface area (Å²) in [4.78, 5) is 114. The van der Waals surface area contributed by atoms with E-state index in [-0.39, 0.29) is 48.9 Å². The van der Waals surface area contributed by atoms with Gasteiger partial charge in [0.15, 0.2) is 0 Å². The van der Waals surface area contributed by atoms with Gasteiger partial charge < -0.3 is 31.9 Å². The molecule has 67 heavy (non-hydrogen) atoms. The summed E-state index contributed by atoms with van der Waals surface area (Å²) in [7, 11) is -4.52. The Morgan fingerprint density at radius 1 is 0.716 bits per heavy atom. The van der Waals surface area contributed by atoms with Gasteiger partial charge in [-0.1, -0.05) is 110 Å². The highest BCUT2D eigenvalue weighted by Gasteiger charge is 2.36. The van der Waals surface area contributed by atoms with E-state index < -0.39 is 98.7 Å². The fourth-order valence-electron chi connectivity index (χ4n) is 7.52.